The van der Waals surface area contributed by atoms with E-state index < -0.39 is 12.3 Å². The SMILES string of the molecule is OC[C@@H]1[C@@H](O)[C@@H](F)CNC12CC2. The Morgan fingerprint density at radius 2 is 2.17 bits per heavy atom. The number of aliphatic hydroxyl groups excluding tert-OH is 2. The topological polar surface area (TPSA) is 52.5 Å². The third-order valence-corrected chi connectivity index (χ3v) is 3.13. The van der Waals surface area contributed by atoms with Gasteiger partial charge in [0.25, 0.3) is 0 Å². The lowest BCUT2D eigenvalue weighted by atomic mass is 9.85. The minimum Gasteiger partial charge on any atom is -0.396 e. The Balaban J connectivity index is 2.11. The van der Waals surface area contributed by atoms with Crippen LogP contribution < -0.4 is 5.32 Å². The maximum Gasteiger partial charge on any atom is 0.139 e. The molecule has 2 rings (SSSR count). The maximum atomic E-state index is 13.0. The Morgan fingerprint density at radius 1 is 1.50 bits per heavy atom. The molecule has 1 aliphatic heterocycles. The summed E-state index contributed by atoms with van der Waals surface area (Å²) in [5, 5.41) is 21.5. The van der Waals surface area contributed by atoms with Gasteiger partial charge in [0.1, 0.15) is 6.17 Å². The van der Waals surface area contributed by atoms with E-state index in [9.17, 15) is 9.50 Å². The van der Waals surface area contributed by atoms with Gasteiger partial charge in [-0.3, -0.25) is 0 Å². The Bertz CT molecular complexity index is 184. The quantitative estimate of drug-likeness (QED) is 0.500. The van der Waals surface area contributed by atoms with Crippen LogP contribution in [0.25, 0.3) is 0 Å². The van der Waals surface area contributed by atoms with Crippen molar-refractivity contribution >= 4 is 0 Å². The second kappa shape index (κ2) is 2.65. The average Bonchev–Trinajstić information content (AvgIpc) is 2.81. The molecule has 2 fully saturated rings. The summed E-state index contributed by atoms with van der Waals surface area (Å²) >= 11 is 0. The van der Waals surface area contributed by atoms with Crippen LogP contribution in [-0.4, -0.2) is 41.2 Å². The Hall–Kier alpha value is -0.190. The summed E-state index contributed by atoms with van der Waals surface area (Å²) in [4.78, 5) is 0. The summed E-state index contributed by atoms with van der Waals surface area (Å²) in [7, 11) is 0. The fourth-order valence-electron chi connectivity index (χ4n) is 2.10. The number of rotatable bonds is 1. The zero-order valence-electron chi connectivity index (χ0n) is 6.83. The van der Waals surface area contributed by atoms with Crippen molar-refractivity contribution in [2.45, 2.75) is 30.7 Å². The molecule has 3 nitrogen and oxygen atoms in total. The highest BCUT2D eigenvalue weighted by Gasteiger charge is 2.55. The van der Waals surface area contributed by atoms with Gasteiger partial charge in [-0.25, -0.2) is 4.39 Å². The van der Waals surface area contributed by atoms with Crippen molar-refractivity contribution in [1.82, 2.24) is 5.32 Å². The van der Waals surface area contributed by atoms with Crippen LogP contribution in [0.15, 0.2) is 0 Å². The van der Waals surface area contributed by atoms with Crippen LogP contribution in [0.4, 0.5) is 4.39 Å². The molecule has 0 aromatic carbocycles. The molecule has 1 saturated carbocycles. The van der Waals surface area contributed by atoms with Crippen molar-refractivity contribution < 1.29 is 14.6 Å². The first-order valence-corrected chi connectivity index (χ1v) is 4.38. The van der Waals surface area contributed by atoms with Crippen molar-refractivity contribution in [1.29, 1.82) is 0 Å². The molecule has 3 atom stereocenters. The molecule has 0 aromatic heterocycles. The minimum absolute atomic E-state index is 0.130. The zero-order valence-corrected chi connectivity index (χ0v) is 6.83. The molecular formula is C8H14FNO2. The van der Waals surface area contributed by atoms with E-state index in [-0.39, 0.29) is 24.6 Å². The summed E-state index contributed by atoms with van der Waals surface area (Å²) in [6, 6.07) is 0. The van der Waals surface area contributed by atoms with Gasteiger partial charge in [-0.1, -0.05) is 0 Å². The van der Waals surface area contributed by atoms with Gasteiger partial charge in [-0.15, -0.1) is 0 Å². The molecule has 0 amide bonds. The summed E-state index contributed by atoms with van der Waals surface area (Å²) in [5.74, 6) is -0.318. The van der Waals surface area contributed by atoms with Crippen molar-refractivity contribution in [3.05, 3.63) is 0 Å². The molecule has 4 heteroatoms. The van der Waals surface area contributed by atoms with Gasteiger partial charge in [0.05, 0.1) is 12.7 Å². The molecule has 70 valence electrons. The van der Waals surface area contributed by atoms with E-state index in [0.29, 0.717) is 0 Å². The monoisotopic (exact) mass is 175 g/mol. The third-order valence-electron chi connectivity index (χ3n) is 3.13. The van der Waals surface area contributed by atoms with Gasteiger partial charge >= 0.3 is 0 Å². The zero-order chi connectivity index (χ0) is 8.77. The summed E-state index contributed by atoms with van der Waals surface area (Å²) in [5.41, 5.74) is -0.142. The van der Waals surface area contributed by atoms with Crippen LogP contribution in [0, 0.1) is 5.92 Å². The Kier molecular flexibility index (Phi) is 1.86. The van der Waals surface area contributed by atoms with Gasteiger partial charge in [-0.05, 0) is 12.8 Å². The van der Waals surface area contributed by atoms with Gasteiger partial charge in [-0.2, -0.15) is 0 Å². The molecule has 0 unspecified atom stereocenters. The molecule has 0 aromatic rings. The smallest absolute Gasteiger partial charge is 0.139 e. The molecule has 12 heavy (non-hydrogen) atoms. The summed E-state index contributed by atoms with van der Waals surface area (Å²) < 4.78 is 13.0. The lowest BCUT2D eigenvalue weighted by Gasteiger charge is -2.37. The van der Waals surface area contributed by atoms with Crippen LogP contribution in [0.3, 0.4) is 0 Å². The summed E-state index contributed by atoms with van der Waals surface area (Å²) in [6.45, 7) is 0.0895. The maximum absolute atomic E-state index is 13.0. The van der Waals surface area contributed by atoms with Crippen molar-refractivity contribution in [2.75, 3.05) is 13.2 Å². The van der Waals surface area contributed by atoms with E-state index in [2.05, 4.69) is 5.32 Å². The number of hydrogen-bond donors (Lipinski definition) is 3. The molecule has 3 N–H and O–H groups in total. The van der Waals surface area contributed by atoms with E-state index in [1.165, 1.54) is 0 Å². The highest BCUT2D eigenvalue weighted by atomic mass is 19.1. The first kappa shape index (κ1) is 8.41. The fraction of sp³-hybridized carbons (Fsp3) is 1.00. The van der Waals surface area contributed by atoms with Crippen LogP contribution in [0.1, 0.15) is 12.8 Å². The second-order valence-electron chi connectivity index (χ2n) is 3.83. The van der Waals surface area contributed by atoms with Crippen LogP contribution in [0.5, 0.6) is 0 Å². The Labute approximate surface area is 70.6 Å². The standard InChI is InChI=1S/C8H14FNO2/c9-6-3-10-8(1-2-8)5(4-11)7(6)12/h5-7,10-12H,1-4H2/t5-,6+,7-/m1/s1. The predicted molar refractivity (Wildman–Crippen MR) is 41.4 cm³/mol. The minimum atomic E-state index is -1.23. The van der Waals surface area contributed by atoms with Crippen molar-refractivity contribution in [3.8, 4) is 0 Å². The van der Waals surface area contributed by atoms with E-state index in [1.54, 1.807) is 0 Å². The molecular weight excluding hydrogens is 161 g/mol. The number of nitrogens with one attached hydrogen (secondary N) is 1. The number of alkyl halides is 1. The highest BCUT2D eigenvalue weighted by molar-refractivity contribution is 5.12. The lowest BCUT2D eigenvalue weighted by Crippen LogP contribution is -2.57. The van der Waals surface area contributed by atoms with E-state index in [0.717, 1.165) is 12.8 Å². The normalized spacial score (nSPS) is 44.8. The molecule has 1 saturated heterocycles. The number of piperidine rings is 1. The molecule has 0 radical (unpaired) electrons. The van der Waals surface area contributed by atoms with E-state index >= 15 is 0 Å². The largest absolute Gasteiger partial charge is 0.396 e. The van der Waals surface area contributed by atoms with Crippen molar-refractivity contribution in [3.63, 3.8) is 0 Å². The number of hydrogen-bond acceptors (Lipinski definition) is 3. The third kappa shape index (κ3) is 1.06. The van der Waals surface area contributed by atoms with Gasteiger partial charge < -0.3 is 15.5 Å². The second-order valence-corrected chi connectivity index (χ2v) is 3.83. The molecule has 1 spiro atoms. The van der Waals surface area contributed by atoms with Gasteiger partial charge in [0, 0.05) is 18.0 Å². The van der Waals surface area contributed by atoms with Crippen molar-refractivity contribution in [2.24, 2.45) is 5.92 Å². The van der Waals surface area contributed by atoms with Gasteiger partial charge in [0.2, 0.25) is 0 Å². The van der Waals surface area contributed by atoms with E-state index in [4.69, 9.17) is 5.11 Å². The van der Waals surface area contributed by atoms with E-state index in [1.807, 2.05) is 0 Å². The lowest BCUT2D eigenvalue weighted by molar-refractivity contribution is -0.0401. The van der Waals surface area contributed by atoms with Crippen LogP contribution in [-0.2, 0) is 0 Å². The molecule has 1 aliphatic carbocycles. The van der Waals surface area contributed by atoms with Gasteiger partial charge in [0.15, 0.2) is 0 Å². The summed E-state index contributed by atoms with van der Waals surface area (Å²) in [6.07, 6.45) is -0.323. The van der Waals surface area contributed by atoms with Crippen LogP contribution in [0.2, 0.25) is 0 Å². The Morgan fingerprint density at radius 3 is 2.67 bits per heavy atom. The number of halogens is 1. The molecule has 1 heterocycles. The first-order valence-electron chi connectivity index (χ1n) is 4.38. The molecule has 2 aliphatic rings. The first-order chi connectivity index (χ1) is 5.69. The molecule has 0 bridgehead atoms. The average molecular weight is 175 g/mol. The fourth-order valence-corrected chi connectivity index (χ4v) is 2.10. The van der Waals surface area contributed by atoms with Crippen LogP contribution >= 0.6 is 0 Å². The number of aliphatic hydroxyl groups is 2. The highest BCUT2D eigenvalue weighted by Crippen LogP contribution is 2.46. The predicted octanol–water partition coefficient (Wildman–Crippen LogP) is -0.570.